The van der Waals surface area contributed by atoms with Crippen molar-refractivity contribution in [2.45, 2.75) is 25.2 Å². The van der Waals surface area contributed by atoms with E-state index < -0.39 is 0 Å². The fraction of sp³-hybridized carbons (Fsp3) is 0.143. The lowest BCUT2D eigenvalue weighted by Gasteiger charge is -2.31. The van der Waals surface area contributed by atoms with Crippen LogP contribution in [0.5, 0.6) is 0 Å². The van der Waals surface area contributed by atoms with Crippen LogP contribution < -0.4 is 10.6 Å². The summed E-state index contributed by atoms with van der Waals surface area (Å²) in [7, 11) is 0. The first-order valence-electron chi connectivity index (χ1n) is 11.0. The summed E-state index contributed by atoms with van der Waals surface area (Å²) in [6.45, 7) is 1.02. The molecule has 4 rings (SSSR count). The molecular weight excluding hydrogens is 506 g/mol. The van der Waals surface area contributed by atoms with Gasteiger partial charge in [0.05, 0.1) is 12.1 Å². The van der Waals surface area contributed by atoms with Gasteiger partial charge in [0, 0.05) is 44.3 Å². The van der Waals surface area contributed by atoms with Crippen molar-refractivity contribution in [2.24, 2.45) is 0 Å². The Kier molecular flexibility index (Phi) is 8.91. The number of rotatable bonds is 9. The molecule has 0 aliphatic rings. The van der Waals surface area contributed by atoms with E-state index in [-0.39, 0.29) is 12.1 Å². The van der Waals surface area contributed by atoms with Crippen molar-refractivity contribution in [1.82, 2.24) is 10.6 Å². The van der Waals surface area contributed by atoms with Crippen LogP contribution in [0.15, 0.2) is 97.1 Å². The highest BCUT2D eigenvalue weighted by Crippen LogP contribution is 2.33. The van der Waals surface area contributed by atoms with Gasteiger partial charge in [0.25, 0.3) is 0 Å². The van der Waals surface area contributed by atoms with Gasteiger partial charge in [-0.25, -0.2) is 0 Å². The van der Waals surface area contributed by atoms with Gasteiger partial charge in [-0.1, -0.05) is 119 Å². The smallest absolute Gasteiger partial charge is 0.0521 e. The SMILES string of the molecule is Clc1cccc(Cl)c1CN[C@@H](c1ccccc1)[C@@H](NCc1c(Cl)cccc1Cl)c1ccccc1. The zero-order chi connectivity index (χ0) is 23.9. The Morgan fingerprint density at radius 1 is 0.441 bits per heavy atom. The standard InChI is InChI=1S/C28H24Cl4N2/c29-23-13-7-14-24(30)21(23)17-33-27(19-9-3-1-4-10-19)28(20-11-5-2-6-12-20)34-18-22-25(31)15-8-16-26(22)32/h1-16,27-28,33-34H,17-18H2/t27-,28-/m0/s1. The monoisotopic (exact) mass is 528 g/mol. The predicted molar refractivity (Wildman–Crippen MR) is 145 cm³/mol. The van der Waals surface area contributed by atoms with Crippen molar-refractivity contribution in [1.29, 1.82) is 0 Å². The molecule has 0 aliphatic heterocycles. The Balaban J connectivity index is 1.69. The first kappa shape index (κ1) is 25.1. The molecule has 0 fully saturated rings. The van der Waals surface area contributed by atoms with Crippen LogP contribution in [0.1, 0.15) is 34.3 Å². The highest BCUT2D eigenvalue weighted by atomic mass is 35.5. The quantitative estimate of drug-likeness (QED) is 0.226. The fourth-order valence-corrected chi connectivity index (χ4v) is 5.07. The number of nitrogens with one attached hydrogen (secondary N) is 2. The van der Waals surface area contributed by atoms with Crippen molar-refractivity contribution in [2.75, 3.05) is 0 Å². The maximum Gasteiger partial charge on any atom is 0.0521 e. The van der Waals surface area contributed by atoms with Crippen LogP contribution in [-0.2, 0) is 13.1 Å². The first-order valence-corrected chi connectivity index (χ1v) is 12.5. The van der Waals surface area contributed by atoms with E-state index in [0.29, 0.717) is 33.2 Å². The van der Waals surface area contributed by atoms with Gasteiger partial charge in [0.15, 0.2) is 0 Å². The Morgan fingerprint density at radius 2 is 0.765 bits per heavy atom. The van der Waals surface area contributed by atoms with E-state index >= 15 is 0 Å². The van der Waals surface area contributed by atoms with Crippen LogP contribution in [0.2, 0.25) is 20.1 Å². The zero-order valence-electron chi connectivity index (χ0n) is 18.3. The normalized spacial score (nSPS) is 12.9. The summed E-state index contributed by atoms with van der Waals surface area (Å²) in [5.74, 6) is 0. The van der Waals surface area contributed by atoms with Crippen molar-refractivity contribution in [3.8, 4) is 0 Å². The van der Waals surface area contributed by atoms with Crippen molar-refractivity contribution in [3.63, 3.8) is 0 Å². The summed E-state index contributed by atoms with van der Waals surface area (Å²) in [6.07, 6.45) is 0. The van der Waals surface area contributed by atoms with E-state index in [4.69, 9.17) is 46.4 Å². The third-order valence-corrected chi connectivity index (χ3v) is 7.19. The van der Waals surface area contributed by atoms with Gasteiger partial charge in [-0.15, -0.1) is 0 Å². The Bertz CT molecular complexity index is 1080. The van der Waals surface area contributed by atoms with Gasteiger partial charge in [0.2, 0.25) is 0 Å². The molecule has 0 spiro atoms. The zero-order valence-corrected chi connectivity index (χ0v) is 21.3. The van der Waals surface area contributed by atoms with Crippen LogP contribution in [0.3, 0.4) is 0 Å². The lowest BCUT2D eigenvalue weighted by molar-refractivity contribution is 0.381. The molecule has 2 N–H and O–H groups in total. The molecule has 0 heterocycles. The Hall–Kier alpha value is -2.04. The average molecular weight is 530 g/mol. The van der Waals surface area contributed by atoms with Crippen LogP contribution in [0.4, 0.5) is 0 Å². The largest absolute Gasteiger partial charge is 0.304 e. The van der Waals surface area contributed by atoms with Gasteiger partial charge in [-0.3, -0.25) is 0 Å². The van der Waals surface area contributed by atoms with Crippen molar-refractivity contribution < 1.29 is 0 Å². The Labute approximate surface area is 220 Å². The van der Waals surface area contributed by atoms with Crippen molar-refractivity contribution >= 4 is 46.4 Å². The molecule has 0 saturated carbocycles. The van der Waals surface area contributed by atoms with Gasteiger partial charge in [0.1, 0.15) is 0 Å². The maximum absolute atomic E-state index is 6.46. The summed E-state index contributed by atoms with van der Waals surface area (Å²) in [6, 6.07) is 31.6. The average Bonchev–Trinajstić information content (AvgIpc) is 2.85. The van der Waals surface area contributed by atoms with Gasteiger partial charge < -0.3 is 10.6 Å². The molecule has 0 aliphatic carbocycles. The van der Waals surface area contributed by atoms with E-state index in [2.05, 4.69) is 34.9 Å². The lowest BCUT2D eigenvalue weighted by Crippen LogP contribution is -2.35. The van der Waals surface area contributed by atoms with E-state index in [9.17, 15) is 0 Å². The van der Waals surface area contributed by atoms with Crippen LogP contribution in [0.25, 0.3) is 0 Å². The van der Waals surface area contributed by atoms with E-state index in [0.717, 1.165) is 22.3 Å². The predicted octanol–water partition coefficient (Wildman–Crippen LogP) is 8.66. The highest BCUT2D eigenvalue weighted by molar-refractivity contribution is 6.36. The van der Waals surface area contributed by atoms with Crippen LogP contribution >= 0.6 is 46.4 Å². The number of benzene rings is 4. The molecular formula is C28H24Cl4N2. The van der Waals surface area contributed by atoms with Gasteiger partial charge in [-0.05, 0) is 35.4 Å². The summed E-state index contributed by atoms with van der Waals surface area (Å²) < 4.78 is 0. The second-order valence-corrected chi connectivity index (χ2v) is 9.57. The van der Waals surface area contributed by atoms with Crippen molar-refractivity contribution in [3.05, 3.63) is 139 Å². The Morgan fingerprint density at radius 3 is 1.09 bits per heavy atom. The van der Waals surface area contributed by atoms with Gasteiger partial charge in [-0.2, -0.15) is 0 Å². The summed E-state index contributed by atoms with van der Waals surface area (Å²) >= 11 is 25.8. The minimum absolute atomic E-state index is 0.0859. The third-order valence-electron chi connectivity index (χ3n) is 5.77. The lowest BCUT2D eigenvalue weighted by atomic mass is 9.92. The molecule has 4 aromatic carbocycles. The number of halogens is 4. The van der Waals surface area contributed by atoms with Crippen LogP contribution in [0, 0.1) is 0 Å². The van der Waals surface area contributed by atoms with Gasteiger partial charge >= 0.3 is 0 Å². The number of hydrogen-bond acceptors (Lipinski definition) is 2. The summed E-state index contributed by atoms with van der Waals surface area (Å²) in [4.78, 5) is 0. The third kappa shape index (κ3) is 6.14. The summed E-state index contributed by atoms with van der Waals surface area (Å²) in [5, 5.41) is 9.95. The van der Waals surface area contributed by atoms with Crippen LogP contribution in [-0.4, -0.2) is 0 Å². The van der Waals surface area contributed by atoms with E-state index in [1.807, 2.05) is 72.8 Å². The first-order chi connectivity index (χ1) is 16.5. The second-order valence-electron chi connectivity index (χ2n) is 7.94. The molecule has 0 saturated heterocycles. The number of hydrogen-bond donors (Lipinski definition) is 2. The molecule has 0 aromatic heterocycles. The fourth-order valence-electron chi connectivity index (χ4n) is 4.00. The molecule has 0 unspecified atom stereocenters. The molecule has 0 bridgehead atoms. The topological polar surface area (TPSA) is 24.1 Å². The molecule has 2 nitrogen and oxygen atoms in total. The highest BCUT2D eigenvalue weighted by Gasteiger charge is 2.25. The molecule has 174 valence electrons. The molecule has 0 radical (unpaired) electrons. The molecule has 34 heavy (non-hydrogen) atoms. The minimum Gasteiger partial charge on any atom is -0.304 e. The maximum atomic E-state index is 6.46. The summed E-state index contributed by atoms with van der Waals surface area (Å²) in [5.41, 5.74) is 4.01. The van der Waals surface area contributed by atoms with E-state index in [1.54, 1.807) is 0 Å². The minimum atomic E-state index is -0.0859. The molecule has 4 aromatic rings. The molecule has 0 amide bonds. The second kappa shape index (κ2) is 12.1. The molecule has 6 heteroatoms. The molecule has 2 atom stereocenters. The van der Waals surface area contributed by atoms with E-state index in [1.165, 1.54) is 0 Å².